The van der Waals surface area contributed by atoms with Gasteiger partial charge in [-0.2, -0.15) is 16.7 Å². The quantitative estimate of drug-likeness (QED) is 0.0979. The number of aryl methyl sites for hydroxylation is 5. The fraction of sp³-hybridized carbons (Fsp3) is 0.179. The van der Waals surface area contributed by atoms with Gasteiger partial charge in [0.05, 0.1) is 5.69 Å². The minimum absolute atomic E-state index is 0. The van der Waals surface area contributed by atoms with Crippen LogP contribution in [0, 0.1) is 53.7 Å². The Morgan fingerprint density at radius 3 is 2.24 bits per heavy atom. The molecule has 232 valence electrons. The van der Waals surface area contributed by atoms with E-state index in [1.54, 1.807) is 11.8 Å². The second-order valence-electron chi connectivity index (χ2n) is 11.7. The fourth-order valence-corrected chi connectivity index (χ4v) is 7.03. The average molecular weight is 713 g/mol. The van der Waals surface area contributed by atoms with Crippen LogP contribution >= 0.6 is 11.8 Å². The summed E-state index contributed by atoms with van der Waals surface area (Å²) in [4.78, 5) is 5.97. The second-order valence-corrected chi connectivity index (χ2v) is 12.6. The van der Waals surface area contributed by atoms with Gasteiger partial charge in [0.15, 0.2) is 0 Å². The van der Waals surface area contributed by atoms with Gasteiger partial charge in [-0.3, -0.25) is 4.68 Å². The van der Waals surface area contributed by atoms with Gasteiger partial charge in [0.2, 0.25) is 0 Å². The zero-order valence-electron chi connectivity index (χ0n) is 26.9. The summed E-state index contributed by atoms with van der Waals surface area (Å²) in [5.74, 6) is 2.08. The van der Waals surface area contributed by atoms with Crippen LogP contribution in [-0.2, 0) is 20.4 Å². The van der Waals surface area contributed by atoms with Crippen molar-refractivity contribution in [2.24, 2.45) is 0 Å². The number of thioether (sulfide) groups is 1. The van der Waals surface area contributed by atoms with Gasteiger partial charge >= 0.3 is 20.4 Å². The maximum Gasteiger partial charge on any atom is 2.00 e. The monoisotopic (exact) mass is 712 g/mol. The van der Waals surface area contributed by atoms with Gasteiger partial charge in [0.25, 0.3) is 0 Å². The van der Waals surface area contributed by atoms with Crippen molar-refractivity contribution in [2.45, 2.75) is 46.4 Å². The molecular formula is C39H34N4OPdS. The van der Waals surface area contributed by atoms with E-state index in [-0.39, 0.29) is 20.4 Å². The van der Waals surface area contributed by atoms with E-state index >= 15 is 0 Å². The Morgan fingerprint density at radius 2 is 1.50 bits per heavy atom. The topological polar surface area (TPSA) is 44.9 Å². The number of ether oxygens (including phenoxy) is 1. The van der Waals surface area contributed by atoms with Crippen LogP contribution in [0.2, 0.25) is 0 Å². The van der Waals surface area contributed by atoms with Crippen LogP contribution in [0.3, 0.4) is 0 Å². The van der Waals surface area contributed by atoms with Crippen LogP contribution in [0.25, 0.3) is 44.4 Å². The number of fused-ring (bicyclic) bond motifs is 3. The zero-order valence-corrected chi connectivity index (χ0v) is 29.3. The normalized spacial score (nSPS) is 11.3. The summed E-state index contributed by atoms with van der Waals surface area (Å²) in [6, 6.07) is 32.2. The predicted octanol–water partition coefficient (Wildman–Crippen LogP) is 9.99. The molecule has 0 bridgehead atoms. The Labute approximate surface area is 288 Å². The van der Waals surface area contributed by atoms with Crippen molar-refractivity contribution < 1.29 is 25.2 Å². The van der Waals surface area contributed by atoms with Crippen molar-refractivity contribution in [3.63, 3.8) is 0 Å². The summed E-state index contributed by atoms with van der Waals surface area (Å²) in [6.07, 6.45) is 3.97. The van der Waals surface area contributed by atoms with Crippen molar-refractivity contribution in [3.05, 3.63) is 125 Å². The number of pyridine rings is 1. The molecule has 0 saturated carbocycles. The Hall–Kier alpha value is -4.15. The minimum Gasteiger partial charge on any atom is -0.509 e. The van der Waals surface area contributed by atoms with E-state index in [1.807, 2.05) is 29.1 Å². The molecule has 0 N–H and O–H groups in total. The van der Waals surface area contributed by atoms with Crippen LogP contribution < -0.4 is 4.74 Å². The molecule has 0 amide bonds. The summed E-state index contributed by atoms with van der Waals surface area (Å²) < 4.78 is 10.6. The van der Waals surface area contributed by atoms with Crippen LogP contribution in [-0.4, -0.2) is 25.6 Å². The molecule has 4 aromatic carbocycles. The molecule has 0 aliphatic rings. The Balaban J connectivity index is 0.00000372. The van der Waals surface area contributed by atoms with Crippen molar-refractivity contribution in [3.8, 4) is 34.1 Å². The number of nitrogens with zero attached hydrogens (tertiary/aromatic N) is 4. The molecule has 0 aliphatic carbocycles. The fourth-order valence-electron chi connectivity index (χ4n) is 6.44. The van der Waals surface area contributed by atoms with Crippen LogP contribution in [0.5, 0.6) is 11.5 Å². The summed E-state index contributed by atoms with van der Waals surface area (Å²) in [6.45, 7) is 12.7. The molecular weight excluding hydrogens is 679 g/mol. The van der Waals surface area contributed by atoms with E-state index in [4.69, 9.17) is 14.8 Å². The summed E-state index contributed by atoms with van der Waals surface area (Å²) >= 11 is 1.77. The molecule has 0 unspecified atom stereocenters. The van der Waals surface area contributed by atoms with Gasteiger partial charge in [-0.05, 0) is 105 Å². The molecule has 7 aromatic rings. The van der Waals surface area contributed by atoms with Crippen molar-refractivity contribution in [1.29, 1.82) is 0 Å². The van der Waals surface area contributed by atoms with Crippen molar-refractivity contribution in [2.75, 3.05) is 6.26 Å². The second kappa shape index (κ2) is 12.6. The van der Waals surface area contributed by atoms with Crippen molar-refractivity contribution >= 4 is 33.6 Å². The minimum atomic E-state index is 0. The Morgan fingerprint density at radius 1 is 0.739 bits per heavy atom. The molecule has 0 fully saturated rings. The third-order valence-corrected chi connectivity index (χ3v) is 9.10. The van der Waals surface area contributed by atoms with E-state index in [0.29, 0.717) is 11.5 Å². The number of hydrogen-bond donors (Lipinski definition) is 0. The third-order valence-electron chi connectivity index (χ3n) is 8.39. The SMILES string of the molecule is CSc1cc(C)c(-c2c(C)nn(-c3[c-]c(Oc4[c-]c5c(cc4)c4ccccc4n5-c4cc(C)ccn4)cc(C)c3)c2C)c(C)c1.[Pd+2]. The molecule has 0 aliphatic heterocycles. The first-order chi connectivity index (χ1) is 21.7. The molecule has 7 heteroatoms. The molecule has 5 nitrogen and oxygen atoms in total. The summed E-state index contributed by atoms with van der Waals surface area (Å²) in [5, 5.41) is 7.24. The number of aromatic nitrogens is 4. The van der Waals surface area contributed by atoms with E-state index < -0.39 is 0 Å². The first-order valence-corrected chi connectivity index (χ1v) is 16.3. The van der Waals surface area contributed by atoms with E-state index in [1.165, 1.54) is 27.1 Å². The summed E-state index contributed by atoms with van der Waals surface area (Å²) in [5.41, 5.74) is 12.0. The molecule has 7 rings (SSSR count). The Kier molecular flexibility index (Phi) is 8.69. The predicted molar refractivity (Wildman–Crippen MR) is 186 cm³/mol. The van der Waals surface area contributed by atoms with Crippen LogP contribution in [0.15, 0.2) is 83.9 Å². The van der Waals surface area contributed by atoms with Gasteiger partial charge < -0.3 is 9.30 Å². The standard InChI is InChI=1S/C39H34N4OS.Pd/c1-23-14-15-40-37(18-23)42-35-11-9-8-10-33(35)34-13-12-30(22-36(34)42)44-31-17-24(2)16-29(21-31)43-28(6)39(27(5)41-43)38-25(3)19-32(45-7)20-26(38)4;/h8-20H,1-7H3;/q-2;+2. The van der Waals surface area contributed by atoms with Gasteiger partial charge in [-0.1, -0.05) is 30.6 Å². The van der Waals surface area contributed by atoms with E-state index in [2.05, 4.69) is 119 Å². The maximum absolute atomic E-state index is 6.48. The van der Waals surface area contributed by atoms with Crippen LogP contribution in [0.1, 0.15) is 33.6 Å². The Bertz CT molecular complexity index is 2240. The van der Waals surface area contributed by atoms with Gasteiger partial charge in [-0.15, -0.1) is 47.5 Å². The zero-order chi connectivity index (χ0) is 31.4. The molecule has 0 spiro atoms. The number of hydrogen-bond acceptors (Lipinski definition) is 4. The number of para-hydroxylation sites is 1. The third kappa shape index (κ3) is 5.58. The van der Waals surface area contributed by atoms with Crippen LogP contribution in [0.4, 0.5) is 0 Å². The molecule has 46 heavy (non-hydrogen) atoms. The molecule has 3 heterocycles. The van der Waals surface area contributed by atoms with E-state index in [0.717, 1.165) is 55.8 Å². The molecule has 0 radical (unpaired) electrons. The molecule has 0 saturated heterocycles. The number of rotatable bonds is 6. The molecule has 3 aromatic heterocycles. The van der Waals surface area contributed by atoms with Crippen molar-refractivity contribution in [1.82, 2.24) is 19.3 Å². The van der Waals surface area contributed by atoms with Gasteiger partial charge in [0, 0.05) is 39.4 Å². The largest absolute Gasteiger partial charge is 2.00 e. The average Bonchev–Trinajstić information content (AvgIpc) is 3.49. The smallest absolute Gasteiger partial charge is 0.509 e. The molecule has 0 atom stereocenters. The first-order valence-electron chi connectivity index (χ1n) is 15.0. The summed E-state index contributed by atoms with van der Waals surface area (Å²) in [7, 11) is 0. The van der Waals surface area contributed by atoms with Gasteiger partial charge in [0.1, 0.15) is 5.82 Å². The van der Waals surface area contributed by atoms with E-state index in [9.17, 15) is 0 Å². The maximum atomic E-state index is 6.48. The number of benzene rings is 4. The van der Waals surface area contributed by atoms with Gasteiger partial charge in [-0.25, -0.2) is 4.98 Å². The first kappa shape index (κ1) is 31.8.